The van der Waals surface area contributed by atoms with Crippen LogP contribution in [-0.4, -0.2) is 48.2 Å². The fraction of sp³-hybridized carbons (Fsp3) is 0.923. The molecule has 0 spiro atoms. The van der Waals surface area contributed by atoms with Gasteiger partial charge >= 0.3 is 0 Å². The summed E-state index contributed by atoms with van der Waals surface area (Å²) in [5.41, 5.74) is 0. The zero-order valence-electron chi connectivity index (χ0n) is 10.7. The van der Waals surface area contributed by atoms with Gasteiger partial charge in [0.1, 0.15) is 0 Å². The highest BCUT2D eigenvalue weighted by Gasteiger charge is 2.27. The number of nitrogens with zero attached hydrogens (tertiary/aromatic N) is 1. The first-order valence-electron chi connectivity index (χ1n) is 6.82. The van der Waals surface area contributed by atoms with Crippen molar-refractivity contribution in [1.82, 2.24) is 10.2 Å². The highest BCUT2D eigenvalue weighted by Crippen LogP contribution is 2.24. The molecular formula is C13H24N2O2. The molecule has 1 heterocycles. The number of carbonyl (C=O) groups excluding carboxylic acids is 1. The highest BCUT2D eigenvalue weighted by atomic mass is 16.3. The van der Waals surface area contributed by atoms with Crippen molar-refractivity contribution in [2.24, 2.45) is 5.92 Å². The molecule has 0 aromatic heterocycles. The highest BCUT2D eigenvalue weighted by molar-refractivity contribution is 5.79. The number of piperidine rings is 1. The molecule has 4 nitrogen and oxygen atoms in total. The molecule has 1 aliphatic heterocycles. The number of aliphatic hydroxyl groups is 1. The van der Waals surface area contributed by atoms with Gasteiger partial charge in [-0.1, -0.05) is 0 Å². The van der Waals surface area contributed by atoms with Crippen LogP contribution >= 0.6 is 0 Å². The predicted octanol–water partition coefficient (Wildman–Crippen LogP) is 0.748. The number of likely N-dealkylation sites (tertiary alicyclic amines) is 1. The normalized spacial score (nSPS) is 35.5. The summed E-state index contributed by atoms with van der Waals surface area (Å²) >= 11 is 0. The van der Waals surface area contributed by atoms with Crippen LogP contribution in [-0.2, 0) is 4.79 Å². The second-order valence-corrected chi connectivity index (χ2v) is 5.62. The van der Waals surface area contributed by atoms with E-state index in [1.807, 2.05) is 0 Å². The topological polar surface area (TPSA) is 52.6 Å². The van der Waals surface area contributed by atoms with Gasteiger partial charge in [0.25, 0.3) is 0 Å². The van der Waals surface area contributed by atoms with Gasteiger partial charge in [0, 0.05) is 18.5 Å². The Hall–Kier alpha value is -0.610. The molecule has 1 amide bonds. The van der Waals surface area contributed by atoms with E-state index in [1.54, 1.807) is 0 Å². The van der Waals surface area contributed by atoms with E-state index in [0.717, 1.165) is 45.2 Å². The van der Waals surface area contributed by atoms with Crippen molar-refractivity contribution in [3.8, 4) is 0 Å². The van der Waals surface area contributed by atoms with Crippen molar-refractivity contribution < 1.29 is 9.90 Å². The standard InChI is InChI=1S/C13H24N2O2/c1-15-8-2-3-11(9-15)14-13(17)10-4-6-12(16)7-5-10/h10-12,16H,2-9H2,1H3,(H,14,17)/t10?,11-,12?/m0/s1. The Bertz CT molecular complexity index is 262. The van der Waals surface area contributed by atoms with Crippen LogP contribution in [0.25, 0.3) is 0 Å². The van der Waals surface area contributed by atoms with Crippen LogP contribution in [0.3, 0.4) is 0 Å². The summed E-state index contributed by atoms with van der Waals surface area (Å²) in [7, 11) is 2.11. The molecule has 0 aromatic carbocycles. The monoisotopic (exact) mass is 240 g/mol. The molecule has 1 aliphatic carbocycles. The lowest BCUT2D eigenvalue weighted by Gasteiger charge is -2.32. The third-order valence-corrected chi connectivity index (χ3v) is 4.04. The van der Waals surface area contributed by atoms with Crippen LogP contribution in [0.2, 0.25) is 0 Å². The van der Waals surface area contributed by atoms with Crippen LogP contribution < -0.4 is 5.32 Å². The largest absolute Gasteiger partial charge is 0.393 e. The van der Waals surface area contributed by atoms with Crippen molar-refractivity contribution in [1.29, 1.82) is 0 Å². The first-order chi connectivity index (χ1) is 8.15. The quantitative estimate of drug-likeness (QED) is 0.749. The maximum atomic E-state index is 12.1. The molecule has 0 bridgehead atoms. The fourth-order valence-electron chi connectivity index (χ4n) is 2.94. The van der Waals surface area contributed by atoms with E-state index >= 15 is 0 Å². The Morgan fingerprint density at radius 3 is 2.59 bits per heavy atom. The Kier molecular flexibility index (Phi) is 4.40. The van der Waals surface area contributed by atoms with Crippen molar-refractivity contribution in [2.75, 3.05) is 20.1 Å². The Morgan fingerprint density at radius 2 is 1.94 bits per heavy atom. The fourth-order valence-corrected chi connectivity index (χ4v) is 2.94. The van der Waals surface area contributed by atoms with E-state index in [9.17, 15) is 9.90 Å². The van der Waals surface area contributed by atoms with E-state index in [-0.39, 0.29) is 17.9 Å². The summed E-state index contributed by atoms with van der Waals surface area (Å²) in [6.07, 6.45) is 5.34. The number of hydrogen-bond acceptors (Lipinski definition) is 3. The molecule has 2 aliphatic rings. The first kappa shape index (κ1) is 12.8. The van der Waals surface area contributed by atoms with Gasteiger partial charge in [0.15, 0.2) is 0 Å². The number of nitrogens with one attached hydrogen (secondary N) is 1. The van der Waals surface area contributed by atoms with Crippen LogP contribution in [0.1, 0.15) is 38.5 Å². The molecule has 0 unspecified atom stereocenters. The molecule has 1 atom stereocenters. The van der Waals surface area contributed by atoms with E-state index in [2.05, 4.69) is 17.3 Å². The molecule has 2 rings (SSSR count). The van der Waals surface area contributed by atoms with Crippen LogP contribution in [0.4, 0.5) is 0 Å². The van der Waals surface area contributed by atoms with E-state index in [1.165, 1.54) is 6.42 Å². The maximum Gasteiger partial charge on any atom is 0.223 e. The van der Waals surface area contributed by atoms with Crippen LogP contribution in [0, 0.1) is 5.92 Å². The smallest absolute Gasteiger partial charge is 0.223 e. The molecule has 17 heavy (non-hydrogen) atoms. The van der Waals surface area contributed by atoms with Gasteiger partial charge in [-0.25, -0.2) is 0 Å². The Balaban J connectivity index is 1.76. The van der Waals surface area contributed by atoms with Crippen molar-refractivity contribution in [3.63, 3.8) is 0 Å². The Labute approximate surface area is 103 Å². The maximum absolute atomic E-state index is 12.1. The van der Waals surface area contributed by atoms with Gasteiger partial charge in [-0.2, -0.15) is 0 Å². The third-order valence-electron chi connectivity index (χ3n) is 4.04. The summed E-state index contributed by atoms with van der Waals surface area (Å²) in [6.45, 7) is 2.11. The number of likely N-dealkylation sites (N-methyl/N-ethyl adjacent to an activating group) is 1. The third kappa shape index (κ3) is 3.68. The van der Waals surface area contributed by atoms with Gasteiger partial charge in [0.05, 0.1) is 6.10 Å². The summed E-state index contributed by atoms with van der Waals surface area (Å²) in [5, 5.41) is 12.6. The lowest BCUT2D eigenvalue weighted by Crippen LogP contribution is -2.48. The zero-order chi connectivity index (χ0) is 12.3. The van der Waals surface area contributed by atoms with Crippen LogP contribution in [0.5, 0.6) is 0 Å². The molecular weight excluding hydrogens is 216 g/mol. The molecule has 0 aromatic rings. The van der Waals surface area contributed by atoms with Gasteiger partial charge in [-0.15, -0.1) is 0 Å². The number of hydrogen-bond donors (Lipinski definition) is 2. The second kappa shape index (κ2) is 5.83. The van der Waals surface area contributed by atoms with Gasteiger partial charge in [-0.05, 0) is 52.1 Å². The number of amides is 1. The molecule has 1 saturated carbocycles. The zero-order valence-corrected chi connectivity index (χ0v) is 10.7. The van der Waals surface area contributed by atoms with E-state index in [4.69, 9.17) is 0 Å². The second-order valence-electron chi connectivity index (χ2n) is 5.62. The Morgan fingerprint density at radius 1 is 1.24 bits per heavy atom. The molecule has 98 valence electrons. The van der Waals surface area contributed by atoms with Crippen molar-refractivity contribution in [2.45, 2.75) is 50.7 Å². The number of carbonyl (C=O) groups is 1. The van der Waals surface area contributed by atoms with Crippen molar-refractivity contribution >= 4 is 5.91 Å². The first-order valence-corrected chi connectivity index (χ1v) is 6.82. The lowest BCUT2D eigenvalue weighted by molar-refractivity contribution is -0.127. The number of rotatable bonds is 2. The lowest BCUT2D eigenvalue weighted by atomic mass is 9.86. The molecule has 0 radical (unpaired) electrons. The molecule has 2 N–H and O–H groups in total. The molecule has 1 saturated heterocycles. The van der Waals surface area contributed by atoms with Crippen LogP contribution in [0.15, 0.2) is 0 Å². The predicted molar refractivity (Wildman–Crippen MR) is 66.6 cm³/mol. The molecule has 2 fully saturated rings. The SMILES string of the molecule is CN1CCC[C@H](NC(=O)C2CCC(O)CC2)C1. The van der Waals surface area contributed by atoms with E-state index in [0.29, 0.717) is 6.04 Å². The minimum absolute atomic E-state index is 0.130. The average Bonchev–Trinajstić information content (AvgIpc) is 2.29. The number of aliphatic hydroxyl groups excluding tert-OH is 1. The summed E-state index contributed by atoms with van der Waals surface area (Å²) in [5.74, 6) is 0.336. The van der Waals surface area contributed by atoms with E-state index < -0.39 is 0 Å². The summed E-state index contributed by atoms with van der Waals surface area (Å²) < 4.78 is 0. The average molecular weight is 240 g/mol. The summed E-state index contributed by atoms with van der Waals surface area (Å²) in [6, 6.07) is 0.327. The minimum Gasteiger partial charge on any atom is -0.393 e. The van der Waals surface area contributed by atoms with Crippen molar-refractivity contribution in [3.05, 3.63) is 0 Å². The van der Waals surface area contributed by atoms with Gasteiger partial charge in [-0.3, -0.25) is 4.79 Å². The molecule has 4 heteroatoms. The van der Waals surface area contributed by atoms with Gasteiger partial charge < -0.3 is 15.3 Å². The van der Waals surface area contributed by atoms with Gasteiger partial charge in [0.2, 0.25) is 5.91 Å². The minimum atomic E-state index is -0.181. The summed E-state index contributed by atoms with van der Waals surface area (Å²) in [4.78, 5) is 14.3.